The maximum absolute atomic E-state index is 12.9. The smallest absolute Gasteiger partial charge is 0.326 e. The van der Waals surface area contributed by atoms with Gasteiger partial charge in [0.05, 0.1) is 42.9 Å². The van der Waals surface area contributed by atoms with E-state index in [1.807, 2.05) is 0 Å². The number of aliphatic carboxylic acids is 4. The van der Waals surface area contributed by atoms with Crippen LogP contribution in [-0.2, 0) is 48.4 Å². The SMILES string of the molecule is Nc1nc2ncc(CNc3ccc(C(=O)N[C@@H](CCC(=O)NCCCC(=O)CCC(C(=O)O)N4CCN(CC(=O)O)CCN(CC(=O)O)Cc5cccc(n5)C4)C(=O)O)cc3)nc2c(=O)[nH]1. The van der Waals surface area contributed by atoms with Gasteiger partial charge in [-0.3, -0.25) is 58.2 Å². The van der Waals surface area contributed by atoms with Crippen LogP contribution in [0, 0.1) is 0 Å². The Kier molecular flexibility index (Phi) is 18.0. The first-order valence-corrected chi connectivity index (χ1v) is 21.0. The molecule has 24 heteroatoms. The first kappa shape index (κ1) is 49.6. The Labute approximate surface area is 376 Å². The van der Waals surface area contributed by atoms with Crippen LogP contribution in [0.4, 0.5) is 11.6 Å². The number of aromatic nitrogens is 5. The Morgan fingerprint density at radius 2 is 1.45 bits per heavy atom. The zero-order valence-electron chi connectivity index (χ0n) is 35.8. The van der Waals surface area contributed by atoms with E-state index in [2.05, 4.69) is 40.9 Å². The molecule has 1 aromatic carbocycles. The van der Waals surface area contributed by atoms with Crippen molar-refractivity contribution in [2.75, 3.05) is 56.9 Å². The number of nitrogens with two attached hydrogens (primary N) is 1. The fourth-order valence-corrected chi connectivity index (χ4v) is 7.16. The number of hydrogen-bond acceptors (Lipinski definition) is 17. The third kappa shape index (κ3) is 15.7. The van der Waals surface area contributed by atoms with Crippen LogP contribution in [-0.4, -0.2) is 159 Å². The number of nitrogen functional groups attached to an aromatic ring is 1. The summed E-state index contributed by atoms with van der Waals surface area (Å²) in [5, 5.41) is 47.1. The molecule has 66 heavy (non-hydrogen) atoms. The number of carboxylic acid groups (broad SMARTS) is 4. The molecule has 3 aromatic heterocycles. The Morgan fingerprint density at radius 3 is 2.15 bits per heavy atom. The summed E-state index contributed by atoms with van der Waals surface area (Å²) in [4.78, 5) is 122. The molecular formula is C42H52N12O12. The van der Waals surface area contributed by atoms with Crippen molar-refractivity contribution in [2.24, 2.45) is 0 Å². The van der Waals surface area contributed by atoms with Gasteiger partial charge >= 0.3 is 23.9 Å². The topological polar surface area (TPSA) is 357 Å². The molecule has 0 saturated carbocycles. The minimum absolute atomic E-state index is 0.0235. The Morgan fingerprint density at radius 1 is 0.773 bits per heavy atom. The van der Waals surface area contributed by atoms with E-state index in [-0.39, 0.29) is 132 Å². The first-order chi connectivity index (χ1) is 31.5. The Bertz CT molecular complexity index is 2450. The summed E-state index contributed by atoms with van der Waals surface area (Å²) in [6.45, 7) is 0.639. The number of pyridine rings is 1. The summed E-state index contributed by atoms with van der Waals surface area (Å²) < 4.78 is 0. The summed E-state index contributed by atoms with van der Waals surface area (Å²) in [6.07, 6.45) is 1.12. The number of benzene rings is 1. The van der Waals surface area contributed by atoms with Crippen LogP contribution in [0.15, 0.2) is 53.5 Å². The van der Waals surface area contributed by atoms with Crippen LogP contribution in [0.1, 0.15) is 66.0 Å². The second-order valence-corrected chi connectivity index (χ2v) is 15.6. The van der Waals surface area contributed by atoms with Crippen molar-refractivity contribution in [2.45, 2.75) is 70.2 Å². The van der Waals surface area contributed by atoms with Crippen LogP contribution < -0.4 is 27.2 Å². The van der Waals surface area contributed by atoms with Crippen molar-refractivity contribution in [3.05, 3.63) is 81.7 Å². The molecule has 1 aliphatic heterocycles. The van der Waals surface area contributed by atoms with Crippen molar-refractivity contribution < 1.29 is 54.0 Å². The monoisotopic (exact) mass is 916 g/mol. The molecule has 2 amide bonds. The zero-order chi connectivity index (χ0) is 47.8. The molecule has 24 nitrogen and oxygen atoms in total. The summed E-state index contributed by atoms with van der Waals surface area (Å²) in [6, 6.07) is 8.82. The lowest BCUT2D eigenvalue weighted by atomic mass is 10.0. The number of carbonyl (C=O) groups is 7. The van der Waals surface area contributed by atoms with Crippen molar-refractivity contribution in [1.82, 2.24) is 50.3 Å². The molecule has 10 N–H and O–H groups in total. The molecule has 1 unspecified atom stereocenters. The number of hydrogen-bond donors (Lipinski definition) is 9. The van der Waals surface area contributed by atoms with Gasteiger partial charge in [0.2, 0.25) is 11.9 Å². The zero-order valence-corrected chi connectivity index (χ0v) is 35.8. The maximum atomic E-state index is 12.9. The molecule has 1 aliphatic rings. The molecule has 352 valence electrons. The predicted molar refractivity (Wildman–Crippen MR) is 234 cm³/mol. The molecule has 0 aliphatic carbocycles. The lowest BCUT2D eigenvalue weighted by molar-refractivity contribution is -0.145. The maximum Gasteiger partial charge on any atom is 0.326 e. The lowest BCUT2D eigenvalue weighted by Gasteiger charge is -2.32. The van der Waals surface area contributed by atoms with E-state index in [4.69, 9.17) is 5.73 Å². The largest absolute Gasteiger partial charge is 0.480 e. The number of aromatic amines is 1. The minimum atomic E-state index is -1.38. The molecule has 0 spiro atoms. The number of amides is 2. The molecule has 4 aromatic rings. The molecule has 4 heterocycles. The summed E-state index contributed by atoms with van der Waals surface area (Å²) in [5.74, 6) is -6.14. The quantitative estimate of drug-likeness (QED) is 0.0459. The summed E-state index contributed by atoms with van der Waals surface area (Å²) >= 11 is 0. The number of nitrogens with zero attached hydrogens (tertiary/aromatic N) is 7. The minimum Gasteiger partial charge on any atom is -0.480 e. The van der Waals surface area contributed by atoms with Crippen LogP contribution >= 0.6 is 0 Å². The molecular weight excluding hydrogens is 865 g/mol. The second kappa shape index (κ2) is 24.0. The average Bonchev–Trinajstić information content (AvgIpc) is 3.26. The third-order valence-corrected chi connectivity index (χ3v) is 10.5. The van der Waals surface area contributed by atoms with Gasteiger partial charge in [-0.05, 0) is 55.7 Å². The molecule has 5 rings (SSSR count). The van der Waals surface area contributed by atoms with Gasteiger partial charge in [-0.25, -0.2) is 14.8 Å². The first-order valence-electron chi connectivity index (χ1n) is 21.0. The van der Waals surface area contributed by atoms with Crippen molar-refractivity contribution in [3.8, 4) is 0 Å². The van der Waals surface area contributed by atoms with E-state index in [0.29, 0.717) is 22.8 Å². The number of H-pyrrole nitrogens is 1. The van der Waals surface area contributed by atoms with Crippen molar-refractivity contribution in [3.63, 3.8) is 0 Å². The van der Waals surface area contributed by atoms with Gasteiger partial charge in [0.25, 0.3) is 11.5 Å². The van der Waals surface area contributed by atoms with Crippen LogP contribution in [0.5, 0.6) is 0 Å². The molecule has 2 atom stereocenters. The molecule has 0 saturated heterocycles. The lowest BCUT2D eigenvalue weighted by Crippen LogP contribution is -2.47. The third-order valence-electron chi connectivity index (χ3n) is 10.5. The predicted octanol–water partition coefficient (Wildman–Crippen LogP) is -0.246. The van der Waals surface area contributed by atoms with E-state index in [9.17, 15) is 58.8 Å². The highest BCUT2D eigenvalue weighted by molar-refractivity contribution is 5.97. The van der Waals surface area contributed by atoms with Crippen LogP contribution in [0.3, 0.4) is 0 Å². The number of carboxylic acids is 4. The van der Waals surface area contributed by atoms with E-state index in [1.165, 1.54) is 18.3 Å². The number of Topliss-reactive ketones (excluding diaryl/α,β-unsaturated/α-hetero) is 1. The number of ketones is 1. The van der Waals surface area contributed by atoms with Crippen LogP contribution in [0.25, 0.3) is 11.2 Å². The number of anilines is 2. The standard InChI is InChI=1S/C42H52N12O12/c43-42-50-37-36(39(62)51-42)48-29(20-46-37)19-45-26-8-6-25(7-9-26)38(61)49-31(40(63)64)11-13-33(56)44-14-2-5-30(55)10-12-32(41(65)66)54-18-17-52(23-34(57)58)15-16-53(24-35(59)60)21-27-3-1-4-28(22-54)47-27/h1,3-4,6-9,20,31-32,45H,2,5,10-19,21-24H2,(H,44,56)(H,49,61)(H,57,58)(H,59,60)(H,63,64)(H,65,66)(H3,43,46,50,51,62)/t31-,32?/m0/s1. The normalized spacial score (nSPS) is 14.8. The fourth-order valence-electron chi connectivity index (χ4n) is 7.16. The average molecular weight is 917 g/mol. The number of carbonyl (C=O) groups excluding carboxylic acids is 3. The fraction of sp³-hybridized carbons (Fsp3) is 0.429. The van der Waals surface area contributed by atoms with Crippen LogP contribution in [0.2, 0.25) is 0 Å². The Hall–Kier alpha value is -7.44. The van der Waals surface area contributed by atoms with E-state index >= 15 is 0 Å². The van der Waals surface area contributed by atoms with E-state index in [1.54, 1.807) is 45.0 Å². The van der Waals surface area contributed by atoms with Gasteiger partial charge in [-0.2, -0.15) is 4.98 Å². The number of rotatable bonds is 22. The molecule has 0 fully saturated rings. The number of fused-ring (bicyclic) bond motifs is 3. The highest BCUT2D eigenvalue weighted by Crippen LogP contribution is 2.17. The molecule has 2 bridgehead atoms. The summed E-state index contributed by atoms with van der Waals surface area (Å²) in [7, 11) is 0. The summed E-state index contributed by atoms with van der Waals surface area (Å²) in [5.41, 5.74) is 7.41. The van der Waals surface area contributed by atoms with Gasteiger partial charge in [0.15, 0.2) is 11.2 Å². The van der Waals surface area contributed by atoms with E-state index in [0.717, 1.165) is 0 Å². The van der Waals surface area contributed by atoms with Gasteiger partial charge in [0.1, 0.15) is 17.9 Å². The molecule has 0 radical (unpaired) electrons. The van der Waals surface area contributed by atoms with Crippen molar-refractivity contribution in [1.29, 1.82) is 0 Å². The highest BCUT2D eigenvalue weighted by Gasteiger charge is 2.29. The van der Waals surface area contributed by atoms with Gasteiger partial charge < -0.3 is 42.1 Å². The highest BCUT2D eigenvalue weighted by atomic mass is 16.4. The van der Waals surface area contributed by atoms with E-state index < -0.39 is 53.3 Å². The number of nitrogens with one attached hydrogen (secondary N) is 4. The van der Waals surface area contributed by atoms with Gasteiger partial charge in [-0.1, -0.05) is 6.07 Å². The van der Waals surface area contributed by atoms with Gasteiger partial charge in [0, 0.05) is 76.3 Å². The van der Waals surface area contributed by atoms with Gasteiger partial charge in [-0.15, -0.1) is 0 Å². The Balaban J connectivity index is 1.05. The van der Waals surface area contributed by atoms with Crippen molar-refractivity contribution >= 4 is 64.3 Å². The second-order valence-electron chi connectivity index (χ2n) is 15.6.